The molecule has 40 heavy (non-hydrogen) atoms. The van der Waals surface area contributed by atoms with Crippen LogP contribution in [0.5, 0.6) is 0 Å². The molecule has 2 fully saturated rings. The molecular formula is C29H23F3IN5O2. The SMILES string of the molecule is O=C(c1cc(-c2cccnc2)n(-c2cc(F)c(F)c(F)c2)n1)N1CCC2(CC1)C(=O)CCN2c1ccc(I)cc1. The van der Waals surface area contributed by atoms with Crippen molar-refractivity contribution in [1.82, 2.24) is 19.7 Å². The average Bonchev–Trinajstić information content (AvgIpc) is 3.55. The van der Waals surface area contributed by atoms with Gasteiger partial charge >= 0.3 is 0 Å². The Morgan fingerprint density at radius 2 is 1.62 bits per heavy atom. The largest absolute Gasteiger partial charge is 0.358 e. The van der Waals surface area contributed by atoms with Crippen molar-refractivity contribution in [2.24, 2.45) is 0 Å². The zero-order chi connectivity index (χ0) is 28.0. The van der Waals surface area contributed by atoms with Gasteiger partial charge in [-0.1, -0.05) is 0 Å². The predicted molar refractivity (Wildman–Crippen MR) is 151 cm³/mol. The number of ketones is 1. The highest BCUT2D eigenvalue weighted by atomic mass is 127. The number of nitrogens with zero attached hydrogens (tertiary/aromatic N) is 5. The van der Waals surface area contributed by atoms with E-state index in [4.69, 9.17) is 0 Å². The lowest BCUT2D eigenvalue weighted by Gasteiger charge is -2.44. The minimum absolute atomic E-state index is 0.0622. The summed E-state index contributed by atoms with van der Waals surface area (Å²) in [6.07, 6.45) is 4.53. The molecule has 204 valence electrons. The van der Waals surface area contributed by atoms with Gasteiger partial charge in [-0.3, -0.25) is 14.6 Å². The number of piperidine rings is 1. The molecular weight excluding hydrogens is 634 g/mol. The van der Waals surface area contributed by atoms with Crippen LogP contribution >= 0.6 is 22.6 Å². The molecule has 7 nitrogen and oxygen atoms in total. The monoisotopic (exact) mass is 657 g/mol. The fraction of sp³-hybridized carbons (Fsp3) is 0.241. The first-order valence-electron chi connectivity index (χ1n) is 12.8. The zero-order valence-electron chi connectivity index (χ0n) is 21.2. The molecule has 0 atom stereocenters. The van der Waals surface area contributed by atoms with E-state index in [9.17, 15) is 22.8 Å². The third kappa shape index (κ3) is 4.55. The predicted octanol–water partition coefficient (Wildman–Crippen LogP) is 5.41. The minimum atomic E-state index is -1.59. The second-order valence-corrected chi connectivity index (χ2v) is 11.2. The van der Waals surface area contributed by atoms with Gasteiger partial charge in [-0.05, 0) is 77.9 Å². The Morgan fingerprint density at radius 3 is 2.27 bits per heavy atom. The molecule has 2 aliphatic rings. The summed E-state index contributed by atoms with van der Waals surface area (Å²) in [4.78, 5) is 34.7. The van der Waals surface area contributed by atoms with Crippen LogP contribution in [-0.4, -0.2) is 56.5 Å². The van der Waals surface area contributed by atoms with E-state index in [-0.39, 0.29) is 23.1 Å². The molecule has 0 aliphatic carbocycles. The highest BCUT2D eigenvalue weighted by Crippen LogP contribution is 2.40. The Balaban J connectivity index is 1.29. The molecule has 6 rings (SSSR count). The van der Waals surface area contributed by atoms with Gasteiger partial charge in [0.1, 0.15) is 5.54 Å². The Kier molecular flexibility index (Phi) is 6.85. The number of carbonyl (C=O) groups is 2. The van der Waals surface area contributed by atoms with Gasteiger partial charge in [0.25, 0.3) is 5.91 Å². The van der Waals surface area contributed by atoms with Crippen LogP contribution in [0.4, 0.5) is 18.9 Å². The van der Waals surface area contributed by atoms with Crippen molar-refractivity contribution in [3.63, 3.8) is 0 Å². The number of pyridine rings is 1. The van der Waals surface area contributed by atoms with Gasteiger partial charge in [-0.2, -0.15) is 5.10 Å². The number of halogens is 4. The number of aromatic nitrogens is 3. The van der Waals surface area contributed by atoms with Gasteiger partial charge < -0.3 is 9.80 Å². The number of benzene rings is 2. The lowest BCUT2D eigenvalue weighted by molar-refractivity contribution is -0.123. The van der Waals surface area contributed by atoms with Gasteiger partial charge in [0, 0.05) is 65.4 Å². The van der Waals surface area contributed by atoms with Gasteiger partial charge in [0.05, 0.1) is 11.4 Å². The van der Waals surface area contributed by atoms with Crippen molar-refractivity contribution in [3.05, 3.63) is 93.7 Å². The minimum Gasteiger partial charge on any atom is -0.358 e. The van der Waals surface area contributed by atoms with E-state index in [2.05, 4.69) is 37.6 Å². The van der Waals surface area contributed by atoms with E-state index in [1.165, 1.54) is 16.9 Å². The first-order chi connectivity index (χ1) is 19.3. The van der Waals surface area contributed by atoms with Gasteiger partial charge in [-0.15, -0.1) is 0 Å². The summed E-state index contributed by atoms with van der Waals surface area (Å²) in [6.45, 7) is 1.33. The van der Waals surface area contributed by atoms with Crippen LogP contribution in [0, 0.1) is 21.0 Å². The van der Waals surface area contributed by atoms with Crippen molar-refractivity contribution >= 4 is 40.0 Å². The number of anilines is 1. The fourth-order valence-corrected chi connectivity index (χ4v) is 6.02. The summed E-state index contributed by atoms with van der Waals surface area (Å²) >= 11 is 2.25. The van der Waals surface area contributed by atoms with Crippen molar-refractivity contribution < 1.29 is 22.8 Å². The number of likely N-dealkylation sites (tertiary alicyclic amines) is 1. The zero-order valence-corrected chi connectivity index (χ0v) is 23.3. The average molecular weight is 657 g/mol. The van der Waals surface area contributed by atoms with Crippen molar-refractivity contribution in [3.8, 4) is 16.9 Å². The van der Waals surface area contributed by atoms with E-state index in [1.807, 2.05) is 24.3 Å². The van der Waals surface area contributed by atoms with Crippen molar-refractivity contribution in [2.75, 3.05) is 24.5 Å². The molecule has 2 saturated heterocycles. The molecule has 2 aromatic heterocycles. The lowest BCUT2D eigenvalue weighted by atomic mass is 9.83. The molecule has 0 bridgehead atoms. The summed E-state index contributed by atoms with van der Waals surface area (Å²) < 4.78 is 44.2. The summed E-state index contributed by atoms with van der Waals surface area (Å²) in [5.41, 5.74) is 1.24. The molecule has 1 spiro atoms. The van der Waals surface area contributed by atoms with Crippen LogP contribution in [0.2, 0.25) is 0 Å². The Morgan fingerprint density at radius 1 is 0.925 bits per heavy atom. The highest BCUT2D eigenvalue weighted by Gasteiger charge is 2.50. The van der Waals surface area contributed by atoms with Crippen LogP contribution in [0.25, 0.3) is 16.9 Å². The third-order valence-corrected chi connectivity index (χ3v) is 8.43. The van der Waals surface area contributed by atoms with E-state index in [1.54, 1.807) is 23.2 Å². The molecule has 1 amide bonds. The molecule has 2 aromatic carbocycles. The molecule has 0 unspecified atom stereocenters. The Labute approximate surface area is 241 Å². The summed E-state index contributed by atoms with van der Waals surface area (Å²) in [5, 5.41) is 4.38. The van der Waals surface area contributed by atoms with Crippen LogP contribution in [-0.2, 0) is 4.79 Å². The number of hydrogen-bond donors (Lipinski definition) is 0. The maximum absolute atomic E-state index is 14.1. The standard InChI is InChI=1S/C29H23F3IN5O2/c30-22-14-21(15-23(31)27(22)32)38-25(18-2-1-10-34-17-18)16-24(35-38)28(40)36-12-8-29(9-13-36)26(39)7-11-37(29)20-5-3-19(33)4-6-20/h1-6,10,14-17H,7-9,11-13H2. The topological polar surface area (TPSA) is 71.3 Å². The lowest BCUT2D eigenvalue weighted by Crippen LogP contribution is -2.56. The van der Waals surface area contributed by atoms with Crippen LogP contribution < -0.4 is 4.90 Å². The first kappa shape index (κ1) is 26.5. The van der Waals surface area contributed by atoms with Gasteiger partial charge in [-0.25, -0.2) is 17.9 Å². The molecule has 2 aliphatic heterocycles. The number of carbonyl (C=O) groups excluding carboxylic acids is 2. The highest BCUT2D eigenvalue weighted by molar-refractivity contribution is 14.1. The molecule has 11 heteroatoms. The van der Waals surface area contributed by atoms with Crippen LogP contribution in [0.3, 0.4) is 0 Å². The molecule has 0 saturated carbocycles. The second kappa shape index (κ2) is 10.3. The second-order valence-electron chi connectivity index (χ2n) is 9.92. The third-order valence-electron chi connectivity index (χ3n) is 7.71. The number of amides is 1. The number of rotatable bonds is 4. The van der Waals surface area contributed by atoms with Gasteiger partial charge in [0.2, 0.25) is 0 Å². The van der Waals surface area contributed by atoms with E-state index >= 15 is 0 Å². The van der Waals surface area contributed by atoms with Gasteiger partial charge in [0.15, 0.2) is 28.9 Å². The fourth-order valence-electron chi connectivity index (χ4n) is 5.67. The Hall–Kier alpha value is -3.74. The van der Waals surface area contributed by atoms with Crippen LogP contribution in [0.15, 0.2) is 67.0 Å². The summed E-state index contributed by atoms with van der Waals surface area (Å²) in [7, 11) is 0. The van der Waals surface area contributed by atoms with E-state index < -0.39 is 23.0 Å². The van der Waals surface area contributed by atoms with Crippen molar-refractivity contribution in [2.45, 2.75) is 24.8 Å². The maximum atomic E-state index is 14.1. The normalized spacial score (nSPS) is 16.6. The van der Waals surface area contributed by atoms with Crippen LogP contribution in [0.1, 0.15) is 29.8 Å². The molecule has 4 aromatic rings. The smallest absolute Gasteiger partial charge is 0.274 e. The maximum Gasteiger partial charge on any atom is 0.274 e. The molecule has 4 heterocycles. The summed E-state index contributed by atoms with van der Waals surface area (Å²) in [6, 6.07) is 14.7. The number of Topliss-reactive ketones (excluding diaryl/α,β-unsaturated/α-hetero) is 1. The number of hydrogen-bond acceptors (Lipinski definition) is 5. The molecule has 0 N–H and O–H groups in total. The quantitative estimate of drug-likeness (QED) is 0.217. The summed E-state index contributed by atoms with van der Waals surface area (Å²) in [5.74, 6) is -4.50. The van der Waals surface area contributed by atoms with E-state index in [0.29, 0.717) is 50.2 Å². The van der Waals surface area contributed by atoms with Crippen molar-refractivity contribution in [1.29, 1.82) is 0 Å². The molecule has 0 radical (unpaired) electrons. The van der Waals surface area contributed by atoms with E-state index in [0.717, 1.165) is 21.4 Å². The first-order valence-corrected chi connectivity index (χ1v) is 13.9. The Bertz CT molecular complexity index is 1580.